The summed E-state index contributed by atoms with van der Waals surface area (Å²) in [4.78, 5) is 4.43. The zero-order chi connectivity index (χ0) is 18.9. The van der Waals surface area contributed by atoms with Crippen LogP contribution in [0.3, 0.4) is 0 Å². The number of furan rings is 1. The predicted molar refractivity (Wildman–Crippen MR) is 111 cm³/mol. The van der Waals surface area contributed by atoms with Gasteiger partial charge in [-0.3, -0.25) is 0 Å². The monoisotopic (exact) mass is 367 g/mol. The summed E-state index contributed by atoms with van der Waals surface area (Å²) in [7, 11) is 0. The van der Waals surface area contributed by atoms with E-state index in [0.717, 1.165) is 44.5 Å². The topological polar surface area (TPSA) is 63.6 Å². The minimum atomic E-state index is 0.355. The van der Waals surface area contributed by atoms with E-state index in [4.69, 9.17) is 8.83 Å². The average molecular weight is 367 g/mol. The molecule has 5 heteroatoms. The Morgan fingerprint density at radius 1 is 0.893 bits per heavy atom. The number of hydrogen-bond donors (Lipinski definition) is 1. The van der Waals surface area contributed by atoms with Gasteiger partial charge in [0.05, 0.1) is 5.71 Å². The Kier molecular flexibility index (Phi) is 3.91. The van der Waals surface area contributed by atoms with Crippen LogP contribution in [0.5, 0.6) is 0 Å². The predicted octanol–water partition coefficient (Wildman–Crippen LogP) is 6.08. The van der Waals surface area contributed by atoms with Crippen LogP contribution < -0.4 is 5.43 Å². The molecular formula is C23H17N3O2. The molecule has 5 nitrogen and oxygen atoms in total. The number of fused-ring (bicyclic) bond motifs is 3. The van der Waals surface area contributed by atoms with Crippen molar-refractivity contribution in [2.75, 3.05) is 5.43 Å². The molecule has 0 saturated heterocycles. The van der Waals surface area contributed by atoms with Gasteiger partial charge in [-0.05, 0) is 36.8 Å². The molecule has 0 aliphatic carbocycles. The smallest absolute Gasteiger partial charge is 0.316 e. The van der Waals surface area contributed by atoms with Crippen LogP contribution in [0.25, 0.3) is 33.2 Å². The number of aromatic nitrogens is 1. The fourth-order valence-electron chi connectivity index (χ4n) is 3.21. The summed E-state index contributed by atoms with van der Waals surface area (Å²) in [5.74, 6) is 0. The Morgan fingerprint density at radius 3 is 2.57 bits per heavy atom. The molecule has 0 saturated carbocycles. The van der Waals surface area contributed by atoms with Gasteiger partial charge in [0.15, 0.2) is 0 Å². The SMILES string of the molecule is C/C(=N\Nc1nc(-c2ccccc2)co1)c1ccc2oc3ccccc3c2c1. The van der Waals surface area contributed by atoms with Crippen molar-refractivity contribution in [1.82, 2.24) is 4.98 Å². The molecule has 2 heterocycles. The fourth-order valence-corrected chi connectivity index (χ4v) is 3.21. The van der Waals surface area contributed by atoms with Gasteiger partial charge < -0.3 is 8.83 Å². The lowest BCUT2D eigenvalue weighted by Crippen LogP contribution is -1.99. The lowest BCUT2D eigenvalue weighted by molar-refractivity contribution is 0.573. The lowest BCUT2D eigenvalue weighted by atomic mass is 10.1. The van der Waals surface area contributed by atoms with E-state index >= 15 is 0 Å². The van der Waals surface area contributed by atoms with Crippen LogP contribution in [-0.2, 0) is 0 Å². The highest BCUT2D eigenvalue weighted by Crippen LogP contribution is 2.29. The molecule has 0 bridgehead atoms. The van der Waals surface area contributed by atoms with Crippen LogP contribution in [0.1, 0.15) is 12.5 Å². The second-order valence-corrected chi connectivity index (χ2v) is 6.52. The Hall–Kier alpha value is -3.86. The number of nitrogens with zero attached hydrogens (tertiary/aromatic N) is 2. The van der Waals surface area contributed by atoms with Gasteiger partial charge in [-0.2, -0.15) is 10.1 Å². The molecule has 0 aliphatic heterocycles. The molecule has 28 heavy (non-hydrogen) atoms. The number of oxazole rings is 1. The highest BCUT2D eigenvalue weighted by atomic mass is 16.4. The van der Waals surface area contributed by atoms with Gasteiger partial charge >= 0.3 is 6.01 Å². The molecular weight excluding hydrogens is 350 g/mol. The first-order valence-electron chi connectivity index (χ1n) is 9.01. The molecule has 0 amide bonds. The van der Waals surface area contributed by atoms with Gasteiger partial charge in [-0.25, -0.2) is 5.43 Å². The third-order valence-corrected chi connectivity index (χ3v) is 4.69. The van der Waals surface area contributed by atoms with Crippen LogP contribution in [0.4, 0.5) is 6.01 Å². The molecule has 0 aliphatic rings. The van der Waals surface area contributed by atoms with Crippen molar-refractivity contribution in [2.45, 2.75) is 6.92 Å². The number of hydrazone groups is 1. The second kappa shape index (κ2) is 6.70. The third kappa shape index (κ3) is 2.93. The maximum atomic E-state index is 5.88. The van der Waals surface area contributed by atoms with Crippen molar-refractivity contribution in [3.8, 4) is 11.3 Å². The summed E-state index contributed by atoms with van der Waals surface area (Å²) in [6.07, 6.45) is 1.62. The summed E-state index contributed by atoms with van der Waals surface area (Å²) in [6.45, 7) is 1.94. The minimum Gasteiger partial charge on any atom is -0.456 e. The van der Waals surface area contributed by atoms with E-state index < -0.39 is 0 Å². The van der Waals surface area contributed by atoms with Gasteiger partial charge in [-0.15, -0.1) is 0 Å². The number of anilines is 1. The first-order chi connectivity index (χ1) is 13.8. The van der Waals surface area contributed by atoms with Crippen molar-refractivity contribution >= 4 is 33.7 Å². The second-order valence-electron chi connectivity index (χ2n) is 6.52. The van der Waals surface area contributed by atoms with E-state index in [1.165, 1.54) is 0 Å². The summed E-state index contributed by atoms with van der Waals surface area (Å²) >= 11 is 0. The van der Waals surface area contributed by atoms with Gasteiger partial charge in [0.25, 0.3) is 0 Å². The van der Waals surface area contributed by atoms with Crippen molar-refractivity contribution < 1.29 is 8.83 Å². The average Bonchev–Trinajstić information content (AvgIpc) is 3.37. The van der Waals surface area contributed by atoms with Gasteiger partial charge in [-0.1, -0.05) is 48.5 Å². The molecule has 3 aromatic carbocycles. The Labute approximate surface area is 161 Å². The van der Waals surface area contributed by atoms with Crippen LogP contribution >= 0.6 is 0 Å². The molecule has 0 radical (unpaired) electrons. The minimum absolute atomic E-state index is 0.355. The van der Waals surface area contributed by atoms with Crippen LogP contribution in [-0.4, -0.2) is 10.7 Å². The van der Waals surface area contributed by atoms with Crippen LogP contribution in [0.2, 0.25) is 0 Å². The van der Waals surface area contributed by atoms with Crippen molar-refractivity contribution in [2.24, 2.45) is 5.10 Å². The van der Waals surface area contributed by atoms with E-state index in [0.29, 0.717) is 6.01 Å². The zero-order valence-electron chi connectivity index (χ0n) is 15.2. The zero-order valence-corrected chi connectivity index (χ0v) is 15.2. The maximum Gasteiger partial charge on any atom is 0.316 e. The number of benzene rings is 3. The Balaban J connectivity index is 1.41. The molecule has 5 aromatic rings. The van der Waals surface area contributed by atoms with Crippen LogP contribution in [0, 0.1) is 0 Å². The number of hydrogen-bond acceptors (Lipinski definition) is 5. The van der Waals surface area contributed by atoms with E-state index in [1.807, 2.05) is 67.6 Å². The Morgan fingerprint density at radius 2 is 1.68 bits per heavy atom. The molecule has 1 N–H and O–H groups in total. The lowest BCUT2D eigenvalue weighted by Gasteiger charge is -2.01. The van der Waals surface area contributed by atoms with Gasteiger partial charge in [0, 0.05) is 16.3 Å². The summed E-state index contributed by atoms with van der Waals surface area (Å²) in [5.41, 5.74) is 8.24. The molecule has 0 unspecified atom stereocenters. The van der Waals surface area contributed by atoms with Crippen molar-refractivity contribution in [1.29, 1.82) is 0 Å². The standard InChI is InChI=1S/C23H17N3O2/c1-15(25-26-23-24-20(14-27-23)16-7-3-2-4-8-16)17-11-12-22-19(13-17)18-9-5-6-10-21(18)28-22/h2-14H,1H3,(H,24,26)/b25-15+. The van der Waals surface area contributed by atoms with E-state index in [-0.39, 0.29) is 0 Å². The molecule has 0 fully saturated rings. The molecule has 5 rings (SSSR count). The largest absolute Gasteiger partial charge is 0.456 e. The molecule has 0 spiro atoms. The first-order valence-corrected chi connectivity index (χ1v) is 9.01. The fraction of sp³-hybridized carbons (Fsp3) is 0.0435. The van der Waals surface area contributed by atoms with E-state index in [9.17, 15) is 0 Å². The van der Waals surface area contributed by atoms with E-state index in [1.54, 1.807) is 6.26 Å². The third-order valence-electron chi connectivity index (χ3n) is 4.69. The van der Waals surface area contributed by atoms with Gasteiger partial charge in [0.2, 0.25) is 0 Å². The summed E-state index contributed by atoms with van der Waals surface area (Å²) in [6, 6.07) is 24.3. The normalized spacial score (nSPS) is 12.0. The van der Waals surface area contributed by atoms with Crippen molar-refractivity contribution in [3.63, 3.8) is 0 Å². The van der Waals surface area contributed by atoms with Gasteiger partial charge in [0.1, 0.15) is 23.1 Å². The quantitative estimate of drug-likeness (QED) is 0.309. The van der Waals surface area contributed by atoms with Crippen molar-refractivity contribution in [3.05, 3.63) is 84.6 Å². The van der Waals surface area contributed by atoms with E-state index in [2.05, 4.69) is 27.6 Å². The number of rotatable bonds is 4. The first kappa shape index (κ1) is 16.3. The number of nitrogens with one attached hydrogen (secondary N) is 1. The number of para-hydroxylation sites is 1. The molecule has 136 valence electrons. The maximum absolute atomic E-state index is 5.88. The Bertz CT molecular complexity index is 1300. The summed E-state index contributed by atoms with van der Waals surface area (Å²) in [5, 5.41) is 6.59. The summed E-state index contributed by atoms with van der Waals surface area (Å²) < 4.78 is 11.4. The van der Waals surface area contributed by atoms with Crippen LogP contribution in [0.15, 0.2) is 93.0 Å². The molecule has 0 atom stereocenters. The highest BCUT2D eigenvalue weighted by Gasteiger charge is 2.09. The molecule has 2 aromatic heterocycles. The highest BCUT2D eigenvalue weighted by molar-refractivity contribution is 6.09.